The van der Waals surface area contributed by atoms with Gasteiger partial charge in [-0.2, -0.15) is 10.2 Å². The quantitative estimate of drug-likeness (QED) is 0.836. The third kappa shape index (κ3) is 1.83. The van der Waals surface area contributed by atoms with Crippen molar-refractivity contribution < 1.29 is 0 Å². The summed E-state index contributed by atoms with van der Waals surface area (Å²) in [5.41, 5.74) is 7.28. The first-order valence-electron chi connectivity index (χ1n) is 4.55. The van der Waals surface area contributed by atoms with Crippen molar-refractivity contribution in [2.75, 3.05) is 5.73 Å². The smallest absolute Gasteiger partial charge is 0.145 e. The molecule has 2 aromatic heterocycles. The van der Waals surface area contributed by atoms with E-state index in [0.717, 1.165) is 11.4 Å². The monoisotopic (exact) mass is 225 g/mol. The summed E-state index contributed by atoms with van der Waals surface area (Å²) in [6, 6.07) is 1.75. The number of nitrogen functional groups attached to an aromatic ring is 1. The van der Waals surface area contributed by atoms with Crippen LogP contribution < -0.4 is 5.73 Å². The van der Waals surface area contributed by atoms with Crippen LogP contribution in [0.1, 0.15) is 11.4 Å². The molecule has 0 amide bonds. The summed E-state index contributed by atoms with van der Waals surface area (Å²) in [5, 5.41) is 9.00. The summed E-state index contributed by atoms with van der Waals surface area (Å²) in [6.45, 7) is 2.46. The molecule has 0 aliphatic carbocycles. The Hall–Kier alpha value is -1.49. The second-order valence-corrected chi connectivity index (χ2v) is 3.79. The number of hydrogen-bond donors (Lipinski definition) is 1. The molecule has 0 saturated carbocycles. The van der Waals surface area contributed by atoms with Gasteiger partial charge in [-0.1, -0.05) is 11.6 Å². The Morgan fingerprint density at radius 1 is 1.47 bits per heavy atom. The summed E-state index contributed by atoms with van der Waals surface area (Å²) in [7, 11) is 1.86. The number of hydrogen-bond acceptors (Lipinski definition) is 3. The lowest BCUT2D eigenvalue weighted by Crippen LogP contribution is -2.06. The largest absolute Gasteiger partial charge is 0.382 e. The van der Waals surface area contributed by atoms with Gasteiger partial charge in [0.15, 0.2) is 0 Å². The van der Waals surface area contributed by atoms with Gasteiger partial charge in [-0.25, -0.2) is 0 Å². The average molecular weight is 226 g/mol. The molecule has 2 aromatic rings. The van der Waals surface area contributed by atoms with E-state index in [0.29, 0.717) is 17.4 Å². The molecular formula is C9H12ClN5. The van der Waals surface area contributed by atoms with Gasteiger partial charge in [0.2, 0.25) is 0 Å². The average Bonchev–Trinajstić information content (AvgIpc) is 2.67. The normalized spacial score (nSPS) is 10.9. The van der Waals surface area contributed by atoms with Gasteiger partial charge < -0.3 is 5.73 Å². The number of anilines is 1. The van der Waals surface area contributed by atoms with Crippen LogP contribution in [-0.4, -0.2) is 19.6 Å². The topological polar surface area (TPSA) is 61.7 Å². The fraction of sp³-hybridized carbons (Fsp3) is 0.333. The van der Waals surface area contributed by atoms with Crippen molar-refractivity contribution in [3.63, 3.8) is 0 Å². The predicted octanol–water partition coefficient (Wildman–Crippen LogP) is 1.21. The summed E-state index contributed by atoms with van der Waals surface area (Å²) in [5.74, 6) is 0.505. The van der Waals surface area contributed by atoms with Gasteiger partial charge in [0.05, 0.1) is 23.0 Å². The Labute approximate surface area is 92.4 Å². The molecule has 0 aliphatic rings. The summed E-state index contributed by atoms with van der Waals surface area (Å²) >= 11 is 6.12. The van der Waals surface area contributed by atoms with Gasteiger partial charge in [0.1, 0.15) is 5.82 Å². The van der Waals surface area contributed by atoms with Crippen molar-refractivity contribution in [2.24, 2.45) is 7.05 Å². The third-order valence-corrected chi connectivity index (χ3v) is 2.73. The zero-order chi connectivity index (χ0) is 11.0. The fourth-order valence-electron chi connectivity index (χ4n) is 1.47. The molecule has 5 nitrogen and oxygen atoms in total. The van der Waals surface area contributed by atoms with Crippen molar-refractivity contribution in [1.29, 1.82) is 0 Å². The van der Waals surface area contributed by atoms with E-state index in [1.165, 1.54) is 0 Å². The fourth-order valence-corrected chi connectivity index (χ4v) is 1.69. The molecule has 0 aromatic carbocycles. The van der Waals surface area contributed by atoms with E-state index in [1.807, 2.05) is 20.2 Å². The van der Waals surface area contributed by atoms with Crippen molar-refractivity contribution >= 4 is 17.4 Å². The molecule has 0 fully saturated rings. The van der Waals surface area contributed by atoms with Gasteiger partial charge in [-0.05, 0) is 13.0 Å². The number of nitrogens with two attached hydrogens (primary N) is 1. The lowest BCUT2D eigenvalue weighted by molar-refractivity contribution is 0.620. The molecule has 0 aliphatic heterocycles. The number of aromatic nitrogens is 4. The highest BCUT2D eigenvalue weighted by molar-refractivity contribution is 6.31. The van der Waals surface area contributed by atoms with E-state index in [9.17, 15) is 0 Å². The molecule has 0 spiro atoms. The van der Waals surface area contributed by atoms with Gasteiger partial charge in [0, 0.05) is 13.2 Å². The maximum absolute atomic E-state index is 6.12. The zero-order valence-electron chi connectivity index (χ0n) is 8.61. The Balaban J connectivity index is 2.31. The van der Waals surface area contributed by atoms with E-state index >= 15 is 0 Å². The van der Waals surface area contributed by atoms with Crippen LogP contribution in [0, 0.1) is 6.92 Å². The Morgan fingerprint density at radius 3 is 2.67 bits per heavy atom. The van der Waals surface area contributed by atoms with Crippen LogP contribution in [-0.2, 0) is 13.6 Å². The minimum Gasteiger partial charge on any atom is -0.382 e. The molecule has 0 saturated heterocycles. The van der Waals surface area contributed by atoms with E-state index < -0.39 is 0 Å². The standard InChI is InChI=1S/C9H12ClN5/c1-6-9(10)7(14(2)12-6)5-15-4-3-8(11)13-15/h3-4H,5H2,1-2H3,(H2,11,13). The molecule has 0 unspecified atom stereocenters. The summed E-state index contributed by atoms with van der Waals surface area (Å²) in [4.78, 5) is 0. The van der Waals surface area contributed by atoms with Crippen LogP contribution in [0.4, 0.5) is 5.82 Å². The molecule has 2 heterocycles. The van der Waals surface area contributed by atoms with Crippen molar-refractivity contribution in [1.82, 2.24) is 19.6 Å². The number of nitrogens with zero attached hydrogens (tertiary/aromatic N) is 4. The van der Waals surface area contributed by atoms with E-state index in [1.54, 1.807) is 15.4 Å². The van der Waals surface area contributed by atoms with Crippen LogP contribution in [0.5, 0.6) is 0 Å². The predicted molar refractivity (Wildman–Crippen MR) is 58.7 cm³/mol. The van der Waals surface area contributed by atoms with E-state index in [4.69, 9.17) is 17.3 Å². The Morgan fingerprint density at radius 2 is 2.20 bits per heavy atom. The lowest BCUT2D eigenvalue weighted by Gasteiger charge is -2.02. The van der Waals surface area contributed by atoms with Crippen LogP contribution in [0.15, 0.2) is 12.3 Å². The summed E-state index contributed by atoms with van der Waals surface area (Å²) in [6.07, 6.45) is 1.81. The zero-order valence-corrected chi connectivity index (χ0v) is 9.36. The van der Waals surface area contributed by atoms with E-state index in [2.05, 4.69) is 10.2 Å². The molecule has 6 heteroatoms. The second kappa shape index (κ2) is 3.58. The van der Waals surface area contributed by atoms with E-state index in [-0.39, 0.29) is 0 Å². The molecule has 0 atom stereocenters. The second-order valence-electron chi connectivity index (χ2n) is 3.41. The highest BCUT2D eigenvalue weighted by Crippen LogP contribution is 2.20. The lowest BCUT2D eigenvalue weighted by atomic mass is 10.3. The Kier molecular flexibility index (Phi) is 2.40. The highest BCUT2D eigenvalue weighted by Gasteiger charge is 2.11. The minimum atomic E-state index is 0.505. The Bertz CT molecular complexity index is 485. The maximum atomic E-state index is 6.12. The molecule has 2 N–H and O–H groups in total. The first-order valence-corrected chi connectivity index (χ1v) is 4.92. The van der Waals surface area contributed by atoms with Crippen LogP contribution in [0.3, 0.4) is 0 Å². The third-order valence-electron chi connectivity index (χ3n) is 2.23. The van der Waals surface area contributed by atoms with Gasteiger partial charge in [-0.3, -0.25) is 9.36 Å². The van der Waals surface area contributed by atoms with Crippen molar-refractivity contribution in [2.45, 2.75) is 13.5 Å². The van der Waals surface area contributed by atoms with Crippen molar-refractivity contribution in [3.8, 4) is 0 Å². The molecule has 0 radical (unpaired) electrons. The number of rotatable bonds is 2. The first kappa shape index (κ1) is 10.0. The van der Waals surface area contributed by atoms with Crippen LogP contribution in [0.25, 0.3) is 0 Å². The molecule has 2 rings (SSSR count). The SMILES string of the molecule is Cc1nn(C)c(Cn2ccc(N)n2)c1Cl. The minimum absolute atomic E-state index is 0.505. The first-order chi connectivity index (χ1) is 7.08. The number of aryl methyl sites for hydroxylation is 2. The number of halogens is 1. The van der Waals surface area contributed by atoms with Crippen LogP contribution >= 0.6 is 11.6 Å². The maximum Gasteiger partial charge on any atom is 0.145 e. The van der Waals surface area contributed by atoms with Gasteiger partial charge in [-0.15, -0.1) is 0 Å². The highest BCUT2D eigenvalue weighted by atomic mass is 35.5. The molecule has 15 heavy (non-hydrogen) atoms. The summed E-state index contributed by atoms with van der Waals surface area (Å²) < 4.78 is 3.49. The molecule has 80 valence electrons. The van der Waals surface area contributed by atoms with Gasteiger partial charge >= 0.3 is 0 Å². The van der Waals surface area contributed by atoms with Crippen LogP contribution in [0.2, 0.25) is 5.02 Å². The van der Waals surface area contributed by atoms with Gasteiger partial charge in [0.25, 0.3) is 0 Å². The molecule has 0 bridgehead atoms. The van der Waals surface area contributed by atoms with Crippen molar-refractivity contribution in [3.05, 3.63) is 28.7 Å². The molecular weight excluding hydrogens is 214 g/mol.